The van der Waals surface area contributed by atoms with E-state index < -0.39 is 0 Å². The Balaban J connectivity index is 0.725. The van der Waals surface area contributed by atoms with Gasteiger partial charge in [-0.05, 0) is 208 Å². The molecule has 0 amide bonds. The number of benzene rings is 10. The summed E-state index contributed by atoms with van der Waals surface area (Å²) in [6, 6.07) is 77.0. The maximum atomic E-state index is 5.57. The minimum atomic E-state index is -0.205. The highest BCUT2D eigenvalue weighted by atomic mass is 16.5. The molecule has 0 aromatic heterocycles. The normalized spacial score (nSPS) is 14.7. The second-order valence-corrected chi connectivity index (χ2v) is 27.9. The predicted octanol–water partition coefficient (Wildman–Crippen LogP) is 22.5. The van der Waals surface area contributed by atoms with Crippen molar-refractivity contribution < 1.29 is 9.47 Å². The highest BCUT2D eigenvalue weighted by molar-refractivity contribution is 5.90. The molecule has 0 saturated heterocycles. The average Bonchev–Trinajstić information content (AvgIpc) is 1.63. The maximum Gasteiger partial charge on any atom is 0.119 e. The first-order valence-electron chi connectivity index (χ1n) is 30.9. The molecule has 4 nitrogen and oxygen atoms in total. The Morgan fingerprint density at radius 3 is 0.736 bits per heavy atom. The van der Waals surface area contributed by atoms with Crippen LogP contribution in [-0.2, 0) is 27.1 Å². The van der Waals surface area contributed by atoms with Gasteiger partial charge in [0.1, 0.15) is 11.5 Å². The summed E-state index contributed by atoms with van der Waals surface area (Å²) in [5, 5.41) is 0. The topological polar surface area (TPSA) is 24.9 Å². The van der Waals surface area contributed by atoms with Gasteiger partial charge in [0.15, 0.2) is 0 Å². The lowest BCUT2D eigenvalue weighted by atomic mass is 9.81. The molecule has 0 spiro atoms. The first-order valence-corrected chi connectivity index (χ1v) is 30.9. The lowest BCUT2D eigenvalue weighted by molar-refractivity contribution is 0.414. The van der Waals surface area contributed by atoms with Crippen molar-refractivity contribution in [2.24, 2.45) is 0 Å². The van der Waals surface area contributed by atoms with Crippen LogP contribution in [0.25, 0.3) is 57.7 Å². The molecule has 0 radical (unpaired) electrons. The zero-order valence-electron chi connectivity index (χ0n) is 53.2. The standard InChI is InChI=1S/C83H80N2O2/c1-79(2,3)57-23-27-59(28-24-57)84(61-31-37-65(86-13)38-32-61)63-35-45-71-69-43-21-55(49-75(69)82(9,10)77(71)51-63)17-15-53-19-41-67-68-42-20-54(48-74(68)81(7,8)73(67)47-53)16-18-56-22-44-70-72-46-36-64(52-78(72)83(11,12)76(70)50-56)85(62-33-39-66(87-14)40-34-62)60-29-25-58(26-30-60)80(4,5)6/h15-52H,1-14H3. The van der Waals surface area contributed by atoms with E-state index in [2.05, 4.69) is 299 Å². The molecule has 13 rings (SSSR count). The first-order chi connectivity index (χ1) is 41.5. The van der Waals surface area contributed by atoms with E-state index in [4.69, 9.17) is 9.47 Å². The minimum Gasteiger partial charge on any atom is -0.497 e. The molecule has 0 fully saturated rings. The van der Waals surface area contributed by atoms with Crippen molar-refractivity contribution in [3.8, 4) is 44.9 Å². The lowest BCUT2D eigenvalue weighted by Gasteiger charge is -2.29. The fraction of sp³-hybridized carbons (Fsp3) is 0.229. The van der Waals surface area contributed by atoms with Gasteiger partial charge in [-0.3, -0.25) is 0 Å². The SMILES string of the molecule is COc1ccc(N(c2ccc(C(C)(C)C)cc2)c2ccc3c(c2)C(C)(C)c2cc(C=Cc4ccc5c(c4)C(C)(C)c4cc(C=Cc6ccc7c(c6)C(C)(C)c6cc(N(c8ccc(OC)cc8)c8ccc(C(C)(C)C)cc8)ccc6-7)ccc4-5)ccc2-3)cc1. The number of hydrogen-bond donors (Lipinski definition) is 0. The summed E-state index contributed by atoms with van der Waals surface area (Å²) < 4.78 is 11.1. The number of fused-ring (bicyclic) bond motifs is 9. The highest BCUT2D eigenvalue weighted by Gasteiger charge is 2.39. The van der Waals surface area contributed by atoms with Crippen molar-refractivity contribution >= 4 is 58.4 Å². The lowest BCUT2D eigenvalue weighted by Crippen LogP contribution is -2.17. The van der Waals surface area contributed by atoms with E-state index in [0.717, 1.165) is 45.6 Å². The van der Waals surface area contributed by atoms with Crippen LogP contribution in [0.1, 0.15) is 150 Å². The summed E-state index contributed by atoms with van der Waals surface area (Å²) in [5.41, 5.74) is 29.6. The minimum absolute atomic E-state index is 0.0652. The third-order valence-electron chi connectivity index (χ3n) is 19.2. The molecule has 10 aromatic rings. The van der Waals surface area contributed by atoms with E-state index in [1.165, 1.54) is 100 Å². The summed E-state index contributed by atoms with van der Waals surface area (Å²) >= 11 is 0. The molecule has 0 N–H and O–H groups in total. The van der Waals surface area contributed by atoms with Crippen LogP contribution in [0.3, 0.4) is 0 Å². The van der Waals surface area contributed by atoms with Gasteiger partial charge in [-0.2, -0.15) is 0 Å². The van der Waals surface area contributed by atoms with Crippen LogP contribution in [0, 0.1) is 0 Å². The molecule has 0 unspecified atom stereocenters. The average molecular weight is 1140 g/mol. The molecule has 3 aliphatic rings. The predicted molar refractivity (Wildman–Crippen MR) is 370 cm³/mol. The molecular formula is C83H80N2O2. The third kappa shape index (κ3) is 10.1. The molecule has 434 valence electrons. The third-order valence-corrected chi connectivity index (χ3v) is 19.2. The van der Waals surface area contributed by atoms with Crippen LogP contribution >= 0.6 is 0 Å². The zero-order chi connectivity index (χ0) is 61.0. The number of ether oxygens (including phenoxy) is 2. The van der Waals surface area contributed by atoms with E-state index >= 15 is 0 Å². The monoisotopic (exact) mass is 1140 g/mol. The Labute approximate surface area is 517 Å². The molecule has 0 aliphatic heterocycles. The second kappa shape index (κ2) is 21.1. The van der Waals surface area contributed by atoms with Crippen molar-refractivity contribution in [3.05, 3.63) is 273 Å². The van der Waals surface area contributed by atoms with Crippen LogP contribution in [0.4, 0.5) is 34.1 Å². The van der Waals surface area contributed by atoms with Crippen LogP contribution in [0.5, 0.6) is 11.5 Å². The molecular weight excluding hydrogens is 1060 g/mol. The van der Waals surface area contributed by atoms with Gasteiger partial charge in [-0.25, -0.2) is 0 Å². The number of hydrogen-bond acceptors (Lipinski definition) is 4. The van der Waals surface area contributed by atoms with Gasteiger partial charge < -0.3 is 19.3 Å². The van der Waals surface area contributed by atoms with Gasteiger partial charge in [-0.15, -0.1) is 0 Å². The molecule has 0 heterocycles. The molecule has 87 heavy (non-hydrogen) atoms. The molecule has 0 bridgehead atoms. The van der Waals surface area contributed by atoms with E-state index in [1.807, 2.05) is 24.3 Å². The summed E-state index contributed by atoms with van der Waals surface area (Å²) in [6.45, 7) is 27.9. The molecule has 0 atom stereocenters. The Morgan fingerprint density at radius 1 is 0.276 bits per heavy atom. The number of methoxy groups -OCH3 is 2. The summed E-state index contributed by atoms with van der Waals surface area (Å²) in [6.07, 6.45) is 9.16. The van der Waals surface area contributed by atoms with E-state index in [1.54, 1.807) is 14.2 Å². The van der Waals surface area contributed by atoms with Crippen molar-refractivity contribution in [3.63, 3.8) is 0 Å². The summed E-state index contributed by atoms with van der Waals surface area (Å²) in [4.78, 5) is 4.73. The van der Waals surface area contributed by atoms with Gasteiger partial charge in [-0.1, -0.05) is 217 Å². The van der Waals surface area contributed by atoms with Crippen LogP contribution < -0.4 is 19.3 Å². The molecule has 10 aromatic carbocycles. The van der Waals surface area contributed by atoms with Crippen molar-refractivity contribution in [2.75, 3.05) is 24.0 Å². The van der Waals surface area contributed by atoms with Gasteiger partial charge >= 0.3 is 0 Å². The number of anilines is 6. The summed E-state index contributed by atoms with van der Waals surface area (Å²) in [5.74, 6) is 1.68. The smallest absolute Gasteiger partial charge is 0.119 e. The number of rotatable bonds is 12. The first kappa shape index (κ1) is 57.0. The quantitative estimate of drug-likeness (QED) is 0.114. The Kier molecular flexibility index (Phi) is 13.8. The van der Waals surface area contributed by atoms with Crippen molar-refractivity contribution in [2.45, 2.75) is 110 Å². The Morgan fingerprint density at radius 2 is 0.494 bits per heavy atom. The largest absolute Gasteiger partial charge is 0.497 e. The Hall–Kier alpha value is -9.12. The van der Waals surface area contributed by atoms with E-state index in [-0.39, 0.29) is 27.1 Å². The molecule has 4 heteroatoms. The van der Waals surface area contributed by atoms with Crippen LogP contribution in [-0.4, -0.2) is 14.2 Å². The fourth-order valence-corrected chi connectivity index (χ4v) is 13.9. The summed E-state index contributed by atoms with van der Waals surface area (Å²) in [7, 11) is 3.44. The van der Waals surface area contributed by atoms with Gasteiger partial charge in [0.05, 0.1) is 14.2 Å². The van der Waals surface area contributed by atoms with E-state index in [0.29, 0.717) is 0 Å². The Bertz CT molecular complexity index is 4090. The number of nitrogens with zero attached hydrogens (tertiary/aromatic N) is 2. The van der Waals surface area contributed by atoms with Crippen LogP contribution in [0.2, 0.25) is 0 Å². The maximum absolute atomic E-state index is 5.57. The van der Waals surface area contributed by atoms with Crippen molar-refractivity contribution in [1.82, 2.24) is 0 Å². The highest BCUT2D eigenvalue weighted by Crippen LogP contribution is 2.54. The van der Waals surface area contributed by atoms with Gasteiger partial charge in [0.25, 0.3) is 0 Å². The van der Waals surface area contributed by atoms with Crippen molar-refractivity contribution in [1.29, 1.82) is 0 Å². The van der Waals surface area contributed by atoms with Gasteiger partial charge in [0.2, 0.25) is 0 Å². The van der Waals surface area contributed by atoms with Gasteiger partial charge in [0, 0.05) is 50.4 Å². The van der Waals surface area contributed by atoms with Crippen LogP contribution in [0.15, 0.2) is 206 Å². The fourth-order valence-electron chi connectivity index (χ4n) is 13.9. The second-order valence-electron chi connectivity index (χ2n) is 27.9. The van der Waals surface area contributed by atoms with E-state index in [9.17, 15) is 0 Å². The molecule has 3 aliphatic carbocycles. The molecule has 0 saturated carbocycles. The zero-order valence-corrected chi connectivity index (χ0v) is 53.2.